The number of nitrogens with one attached hydrogen (secondary N) is 3. The van der Waals surface area contributed by atoms with Crippen LogP contribution in [0.15, 0.2) is 24.3 Å². The first-order valence-electron chi connectivity index (χ1n) is 11.6. The zero-order valence-corrected chi connectivity index (χ0v) is 22.0. The molecule has 0 aromatic heterocycles. The number of hydrogen-bond donors (Lipinski definition) is 8. The average molecular weight is 544 g/mol. The van der Waals surface area contributed by atoms with E-state index in [0.717, 1.165) is 6.42 Å². The molecule has 0 aliphatic carbocycles. The van der Waals surface area contributed by atoms with E-state index in [1.807, 2.05) is 6.26 Å². The second-order valence-electron chi connectivity index (χ2n) is 8.25. The molecule has 0 saturated carbocycles. The van der Waals surface area contributed by atoms with Crippen LogP contribution in [-0.2, 0) is 25.6 Å². The fourth-order valence-electron chi connectivity index (χ4n) is 3.23. The Labute approximate surface area is 220 Å². The van der Waals surface area contributed by atoms with Gasteiger partial charge in [-0.1, -0.05) is 18.6 Å². The van der Waals surface area contributed by atoms with Gasteiger partial charge in [0, 0.05) is 12.2 Å². The van der Waals surface area contributed by atoms with Gasteiger partial charge in [-0.25, -0.2) is 4.79 Å². The largest absolute Gasteiger partial charge is 0.508 e. The molecule has 0 fully saturated rings. The number of thioether (sulfide) groups is 1. The van der Waals surface area contributed by atoms with Gasteiger partial charge >= 0.3 is 5.97 Å². The molecule has 0 bridgehead atoms. The van der Waals surface area contributed by atoms with Gasteiger partial charge in [0.05, 0.1) is 6.04 Å². The summed E-state index contributed by atoms with van der Waals surface area (Å²) in [6.45, 7) is 0.498. The smallest absolute Gasteiger partial charge is 0.326 e. The number of nitrogens with two attached hydrogens (primary N) is 2. The molecule has 1 aromatic rings. The van der Waals surface area contributed by atoms with Crippen molar-refractivity contribution in [2.45, 2.75) is 56.3 Å². The monoisotopic (exact) mass is 543 g/mol. The number of benzene rings is 1. The summed E-state index contributed by atoms with van der Waals surface area (Å²) >= 11 is 5.62. The summed E-state index contributed by atoms with van der Waals surface area (Å²) in [5.41, 5.74) is 12.0. The Morgan fingerprint density at radius 3 is 2.08 bits per heavy atom. The van der Waals surface area contributed by atoms with Gasteiger partial charge in [0.1, 0.15) is 23.9 Å². The fraction of sp³-hybridized carbons (Fsp3) is 0.565. The van der Waals surface area contributed by atoms with E-state index in [9.17, 15) is 29.4 Å². The summed E-state index contributed by atoms with van der Waals surface area (Å²) in [7, 11) is 0. The third-order valence-electron chi connectivity index (χ3n) is 5.36. The first-order valence-corrected chi connectivity index (χ1v) is 13.6. The summed E-state index contributed by atoms with van der Waals surface area (Å²) in [6, 6.07) is 1.83. The summed E-state index contributed by atoms with van der Waals surface area (Å²) in [4.78, 5) is 49.9. The molecule has 0 spiro atoms. The number of phenolic OH excluding ortho intramolecular Hbond substituents is 1. The van der Waals surface area contributed by atoms with E-state index in [4.69, 9.17) is 11.5 Å². The Hall–Kier alpha value is -2.48. The number of phenols is 1. The number of carboxylic acid groups (broad SMARTS) is 1. The molecule has 1 rings (SSSR count). The number of thiol groups is 1. The van der Waals surface area contributed by atoms with Crippen LogP contribution in [0.3, 0.4) is 0 Å². The van der Waals surface area contributed by atoms with Crippen molar-refractivity contribution in [3.63, 3.8) is 0 Å². The van der Waals surface area contributed by atoms with Crippen LogP contribution < -0.4 is 27.4 Å². The van der Waals surface area contributed by atoms with Crippen molar-refractivity contribution >= 4 is 48.1 Å². The Bertz CT molecular complexity index is 858. The lowest BCUT2D eigenvalue weighted by Gasteiger charge is -2.24. The van der Waals surface area contributed by atoms with Crippen molar-refractivity contribution in [3.8, 4) is 5.75 Å². The quantitative estimate of drug-likeness (QED) is 0.0953. The van der Waals surface area contributed by atoms with Gasteiger partial charge in [-0.15, -0.1) is 0 Å². The highest BCUT2D eigenvalue weighted by atomic mass is 32.2. The molecule has 9 N–H and O–H groups in total. The number of aromatic hydroxyl groups is 1. The Balaban J connectivity index is 2.82. The number of rotatable bonds is 17. The third-order valence-corrected chi connectivity index (χ3v) is 6.37. The van der Waals surface area contributed by atoms with Crippen LogP contribution >= 0.6 is 24.4 Å². The SMILES string of the molecule is CSCCC(NC(=O)C(N)CCCCN)C(=O)NC(CS)C(=O)NC(Cc1ccc(O)cc1)C(=O)O. The van der Waals surface area contributed by atoms with E-state index in [2.05, 4.69) is 28.6 Å². The van der Waals surface area contributed by atoms with E-state index in [1.54, 1.807) is 12.1 Å². The highest BCUT2D eigenvalue weighted by Gasteiger charge is 2.29. The number of carbonyl (C=O) groups excluding carboxylic acids is 3. The van der Waals surface area contributed by atoms with E-state index in [0.29, 0.717) is 37.1 Å². The van der Waals surface area contributed by atoms with Crippen LogP contribution in [0.4, 0.5) is 0 Å². The zero-order chi connectivity index (χ0) is 27.1. The maximum Gasteiger partial charge on any atom is 0.326 e. The molecule has 1 aromatic carbocycles. The van der Waals surface area contributed by atoms with Gasteiger partial charge in [-0.05, 0) is 55.5 Å². The van der Waals surface area contributed by atoms with Gasteiger partial charge in [-0.3, -0.25) is 14.4 Å². The molecule has 36 heavy (non-hydrogen) atoms. The first-order chi connectivity index (χ1) is 17.1. The van der Waals surface area contributed by atoms with Crippen LogP contribution in [0.2, 0.25) is 0 Å². The maximum atomic E-state index is 12.9. The number of hydrogen-bond acceptors (Lipinski definition) is 9. The summed E-state index contributed by atoms with van der Waals surface area (Å²) in [5, 5.41) is 26.6. The molecule has 4 unspecified atom stereocenters. The Morgan fingerprint density at radius 2 is 1.53 bits per heavy atom. The molecule has 0 saturated heterocycles. The second kappa shape index (κ2) is 17.1. The second-order valence-corrected chi connectivity index (χ2v) is 9.60. The highest BCUT2D eigenvalue weighted by molar-refractivity contribution is 7.98. The normalized spacial score (nSPS) is 14.2. The van der Waals surface area contributed by atoms with Crippen LogP contribution in [0.1, 0.15) is 31.2 Å². The Morgan fingerprint density at radius 1 is 0.944 bits per heavy atom. The van der Waals surface area contributed by atoms with Gasteiger partial charge < -0.3 is 37.6 Å². The number of carbonyl (C=O) groups is 4. The molecular formula is C23H37N5O6S2. The van der Waals surface area contributed by atoms with Gasteiger partial charge in [0.2, 0.25) is 17.7 Å². The van der Waals surface area contributed by atoms with E-state index in [-0.39, 0.29) is 17.9 Å². The lowest BCUT2D eigenvalue weighted by atomic mass is 10.1. The number of unbranched alkanes of at least 4 members (excludes halogenated alkanes) is 1. The van der Waals surface area contributed by atoms with Crippen molar-refractivity contribution in [1.29, 1.82) is 0 Å². The molecule has 0 aliphatic heterocycles. The first kappa shape index (κ1) is 31.5. The lowest BCUT2D eigenvalue weighted by Crippen LogP contribution is -2.58. The van der Waals surface area contributed by atoms with E-state index < -0.39 is 47.9 Å². The highest BCUT2D eigenvalue weighted by Crippen LogP contribution is 2.12. The minimum absolute atomic E-state index is 0.0248. The molecule has 13 heteroatoms. The van der Waals surface area contributed by atoms with Crippen LogP contribution in [-0.4, -0.2) is 82.4 Å². The summed E-state index contributed by atoms with van der Waals surface area (Å²) < 4.78 is 0. The molecule has 202 valence electrons. The standard InChI is InChI=1S/C23H37N5O6S2/c1-36-11-9-17(26-20(30)16(25)4-2-3-10-24)21(31)28-19(13-35)22(32)27-18(23(33)34)12-14-5-7-15(29)8-6-14/h5-8,16-19,29,35H,2-4,9-13,24-25H2,1H3,(H,26,30)(H,27,32)(H,28,31)(H,33,34). The minimum Gasteiger partial charge on any atom is -0.508 e. The predicted molar refractivity (Wildman–Crippen MR) is 143 cm³/mol. The number of carboxylic acids is 1. The van der Waals surface area contributed by atoms with Crippen molar-refractivity contribution in [1.82, 2.24) is 16.0 Å². The van der Waals surface area contributed by atoms with Crippen molar-refractivity contribution in [3.05, 3.63) is 29.8 Å². The van der Waals surface area contributed by atoms with Crippen LogP contribution in [0.25, 0.3) is 0 Å². The lowest BCUT2D eigenvalue weighted by molar-refractivity contribution is -0.142. The van der Waals surface area contributed by atoms with Gasteiger partial charge in [0.15, 0.2) is 0 Å². The summed E-state index contributed by atoms with van der Waals surface area (Å²) in [5.74, 6) is -2.53. The summed E-state index contributed by atoms with van der Waals surface area (Å²) in [6.07, 6.45) is 4.00. The van der Waals surface area contributed by atoms with Crippen molar-refractivity contribution in [2.75, 3.05) is 24.3 Å². The molecule has 0 aliphatic rings. The van der Waals surface area contributed by atoms with Gasteiger partial charge in [0.25, 0.3) is 0 Å². The molecular weight excluding hydrogens is 506 g/mol. The third kappa shape index (κ3) is 11.5. The molecule has 0 radical (unpaired) electrons. The average Bonchev–Trinajstić information content (AvgIpc) is 2.85. The van der Waals surface area contributed by atoms with E-state index >= 15 is 0 Å². The van der Waals surface area contributed by atoms with Crippen LogP contribution in [0, 0.1) is 0 Å². The minimum atomic E-state index is -1.26. The van der Waals surface area contributed by atoms with Crippen molar-refractivity contribution < 1.29 is 29.4 Å². The number of aliphatic carboxylic acids is 1. The molecule has 11 nitrogen and oxygen atoms in total. The fourth-order valence-corrected chi connectivity index (χ4v) is 3.96. The van der Waals surface area contributed by atoms with Gasteiger partial charge in [-0.2, -0.15) is 24.4 Å². The Kier molecular flexibility index (Phi) is 14.9. The van der Waals surface area contributed by atoms with Crippen molar-refractivity contribution in [2.24, 2.45) is 11.5 Å². The predicted octanol–water partition coefficient (Wildman–Crippen LogP) is -0.387. The van der Waals surface area contributed by atoms with Crippen LogP contribution in [0.5, 0.6) is 5.75 Å². The topological polar surface area (TPSA) is 197 Å². The molecule has 4 atom stereocenters. The van der Waals surface area contributed by atoms with E-state index in [1.165, 1.54) is 23.9 Å². The maximum absolute atomic E-state index is 12.9. The number of amides is 3. The zero-order valence-electron chi connectivity index (χ0n) is 20.3. The molecule has 0 heterocycles. The molecule has 3 amide bonds.